The van der Waals surface area contributed by atoms with Gasteiger partial charge in [0.25, 0.3) is 0 Å². The Labute approximate surface area is 338 Å². The maximum atomic E-state index is 14.2. The number of carbonyl (C=O) groups excluding carboxylic acids is 7. The van der Waals surface area contributed by atoms with Gasteiger partial charge in [0.1, 0.15) is 24.2 Å². The van der Waals surface area contributed by atoms with Crippen LogP contribution in [0.3, 0.4) is 0 Å². The van der Waals surface area contributed by atoms with E-state index in [1.807, 2.05) is 71.9 Å². The van der Waals surface area contributed by atoms with Gasteiger partial charge >= 0.3 is 0 Å². The summed E-state index contributed by atoms with van der Waals surface area (Å²) in [6.07, 6.45) is -0.106. The van der Waals surface area contributed by atoms with E-state index in [-0.39, 0.29) is 67.5 Å². The van der Waals surface area contributed by atoms with Crippen LogP contribution < -0.4 is 42.5 Å². The van der Waals surface area contributed by atoms with Gasteiger partial charge < -0.3 is 47.4 Å². The van der Waals surface area contributed by atoms with Gasteiger partial charge in [-0.1, -0.05) is 71.9 Å². The van der Waals surface area contributed by atoms with Gasteiger partial charge in [-0.15, -0.1) is 0 Å². The molecule has 57 heavy (non-hydrogen) atoms. The molecule has 0 spiro atoms. The van der Waals surface area contributed by atoms with E-state index in [9.17, 15) is 33.6 Å². The Morgan fingerprint density at radius 2 is 1.19 bits per heavy atom. The minimum atomic E-state index is -1.10. The Kier molecular flexibility index (Phi) is 19.6. The van der Waals surface area contributed by atoms with Gasteiger partial charge in [-0.25, -0.2) is 0 Å². The lowest BCUT2D eigenvalue weighted by molar-refractivity contribution is -0.142. The standard InChI is InChI=1S/C41H69N9O7/c1-22(2)25(7)44-38(54)31(47-40(56)34(23(3)4)48-36(52)27(9)42-11)18-19-33(51)46-30-20-32(39(55)45-26(8)29-16-14-13-15-17-29)50(21-30)41(57)35(24(5)6)49-37(53)28(10)43-12/h13-17,22-28,30-32,34-35,42-43H,18-21H2,1-12H3,(H,44,54)(H,45,55)(H,46,51)(H,47,56)(H,48,52)(H,49,53)/t25-,26+,27+,28-,30-,31+,32-,34+,35-/m0/s1. The summed E-state index contributed by atoms with van der Waals surface area (Å²) < 4.78 is 0. The second-order valence-electron chi connectivity index (χ2n) is 16.3. The van der Waals surface area contributed by atoms with Crippen molar-refractivity contribution in [1.29, 1.82) is 0 Å². The SMILES string of the molecule is CN[C@@H](C)C(=O)N[C@H](C(=O)N1C[C@@H](NC(=O)CC[C@@H](NC(=O)[C@H](NC(=O)[C@@H](C)NC)C(C)C)C(=O)N[C@@H](C)C(C)C)C[C@H]1C(=O)N[C@H](C)c1ccccc1)C(C)C. The van der Waals surface area contributed by atoms with Crippen molar-refractivity contribution < 1.29 is 33.6 Å². The number of hydrogen-bond acceptors (Lipinski definition) is 9. The number of hydrogen-bond donors (Lipinski definition) is 8. The zero-order valence-corrected chi connectivity index (χ0v) is 35.9. The van der Waals surface area contributed by atoms with Gasteiger partial charge in [-0.2, -0.15) is 0 Å². The van der Waals surface area contributed by atoms with Crippen LogP contribution in [0.25, 0.3) is 0 Å². The Morgan fingerprint density at radius 3 is 1.70 bits per heavy atom. The number of likely N-dealkylation sites (N-methyl/N-ethyl adjacent to an activating group) is 2. The predicted molar refractivity (Wildman–Crippen MR) is 219 cm³/mol. The van der Waals surface area contributed by atoms with Gasteiger partial charge in [0, 0.05) is 25.0 Å². The molecule has 16 heteroatoms. The third-order valence-corrected chi connectivity index (χ3v) is 10.7. The first-order chi connectivity index (χ1) is 26.7. The topological polar surface area (TPSA) is 219 Å². The van der Waals surface area contributed by atoms with Crippen LogP contribution in [0.15, 0.2) is 30.3 Å². The molecular weight excluding hydrogens is 731 g/mol. The summed E-state index contributed by atoms with van der Waals surface area (Å²) in [6.45, 7) is 18.1. The first-order valence-electron chi connectivity index (χ1n) is 20.2. The smallest absolute Gasteiger partial charge is 0.246 e. The second kappa shape index (κ2) is 23.0. The van der Waals surface area contributed by atoms with Gasteiger partial charge in [0.2, 0.25) is 41.4 Å². The van der Waals surface area contributed by atoms with Gasteiger partial charge in [-0.3, -0.25) is 33.6 Å². The molecule has 1 fully saturated rings. The fourth-order valence-corrected chi connectivity index (χ4v) is 6.21. The summed E-state index contributed by atoms with van der Waals surface area (Å²) in [5.41, 5.74) is 0.878. The van der Waals surface area contributed by atoms with Crippen LogP contribution in [-0.4, -0.2) is 115 Å². The fraction of sp³-hybridized carbons (Fsp3) is 0.683. The molecule has 16 nitrogen and oxygen atoms in total. The number of amides is 7. The lowest BCUT2D eigenvalue weighted by Gasteiger charge is -2.31. The quantitative estimate of drug-likeness (QED) is 0.0884. The van der Waals surface area contributed by atoms with Crippen molar-refractivity contribution in [2.45, 2.75) is 143 Å². The van der Waals surface area contributed by atoms with Gasteiger partial charge in [0.05, 0.1) is 18.1 Å². The predicted octanol–water partition coefficient (Wildman–Crippen LogP) is 0.873. The molecule has 0 aliphatic carbocycles. The van der Waals surface area contributed by atoms with E-state index in [4.69, 9.17) is 0 Å². The summed E-state index contributed by atoms with van der Waals surface area (Å²) in [6, 6.07) is 3.16. The Morgan fingerprint density at radius 1 is 0.649 bits per heavy atom. The van der Waals surface area contributed by atoms with Crippen molar-refractivity contribution in [1.82, 2.24) is 47.4 Å². The molecule has 9 atom stereocenters. The molecule has 1 aromatic rings. The van der Waals surface area contributed by atoms with E-state index in [2.05, 4.69) is 42.5 Å². The zero-order valence-electron chi connectivity index (χ0n) is 35.9. The maximum Gasteiger partial charge on any atom is 0.246 e. The Bertz CT molecular complexity index is 1520. The highest BCUT2D eigenvalue weighted by Crippen LogP contribution is 2.23. The Balaban J connectivity index is 2.31. The lowest BCUT2D eigenvalue weighted by Crippen LogP contribution is -2.58. The van der Waals surface area contributed by atoms with Gasteiger partial charge in [-0.05, 0) is 77.9 Å². The first kappa shape index (κ1) is 48.6. The monoisotopic (exact) mass is 800 g/mol. The van der Waals surface area contributed by atoms with E-state index >= 15 is 0 Å². The summed E-state index contributed by atoms with van der Waals surface area (Å²) >= 11 is 0. The third kappa shape index (κ3) is 14.7. The number of likely N-dealkylation sites (tertiary alicyclic amines) is 1. The van der Waals surface area contributed by atoms with Crippen LogP contribution in [0.5, 0.6) is 0 Å². The highest BCUT2D eigenvalue weighted by molar-refractivity contribution is 5.95. The molecule has 1 saturated heterocycles. The van der Waals surface area contributed by atoms with Crippen LogP contribution in [-0.2, 0) is 33.6 Å². The lowest BCUT2D eigenvalue weighted by atomic mass is 10.0. The summed E-state index contributed by atoms with van der Waals surface area (Å²) in [5.74, 6) is -3.56. The molecule has 0 saturated carbocycles. The highest BCUT2D eigenvalue weighted by atomic mass is 16.2. The number of benzene rings is 1. The summed E-state index contributed by atoms with van der Waals surface area (Å²) in [7, 11) is 3.27. The van der Waals surface area contributed by atoms with Crippen molar-refractivity contribution in [2.75, 3.05) is 20.6 Å². The average molecular weight is 800 g/mol. The van der Waals surface area contributed by atoms with Crippen molar-refractivity contribution in [3.8, 4) is 0 Å². The molecule has 0 bridgehead atoms. The second-order valence-corrected chi connectivity index (χ2v) is 16.3. The van der Waals surface area contributed by atoms with E-state index in [1.165, 1.54) is 4.90 Å². The molecule has 2 rings (SSSR count). The molecule has 1 aliphatic rings. The van der Waals surface area contributed by atoms with E-state index in [0.717, 1.165) is 5.56 Å². The van der Waals surface area contributed by atoms with Crippen molar-refractivity contribution >= 4 is 41.4 Å². The minimum Gasteiger partial charge on any atom is -0.352 e. The van der Waals surface area contributed by atoms with Crippen molar-refractivity contribution in [2.24, 2.45) is 17.8 Å². The summed E-state index contributed by atoms with van der Waals surface area (Å²) in [5, 5.41) is 22.9. The number of nitrogens with one attached hydrogen (secondary N) is 8. The molecule has 320 valence electrons. The van der Waals surface area contributed by atoms with Gasteiger partial charge in [0.15, 0.2) is 0 Å². The van der Waals surface area contributed by atoms with E-state index in [1.54, 1.807) is 41.8 Å². The molecule has 1 heterocycles. The summed E-state index contributed by atoms with van der Waals surface area (Å²) in [4.78, 5) is 95.6. The molecular formula is C41H69N9O7. The number of carbonyl (C=O) groups is 7. The highest BCUT2D eigenvalue weighted by Gasteiger charge is 2.44. The maximum absolute atomic E-state index is 14.2. The zero-order chi connectivity index (χ0) is 43.1. The third-order valence-electron chi connectivity index (χ3n) is 10.7. The molecule has 1 aromatic carbocycles. The largest absolute Gasteiger partial charge is 0.352 e. The van der Waals surface area contributed by atoms with Crippen molar-refractivity contribution in [3.05, 3.63) is 35.9 Å². The molecule has 8 N–H and O–H groups in total. The fourth-order valence-electron chi connectivity index (χ4n) is 6.21. The van der Waals surface area contributed by atoms with Crippen LogP contribution >= 0.6 is 0 Å². The van der Waals surface area contributed by atoms with Crippen LogP contribution in [0.2, 0.25) is 0 Å². The molecule has 0 radical (unpaired) electrons. The average Bonchev–Trinajstić information content (AvgIpc) is 3.59. The molecule has 0 aromatic heterocycles. The van der Waals surface area contributed by atoms with E-state index < -0.39 is 71.8 Å². The van der Waals surface area contributed by atoms with Crippen LogP contribution in [0.4, 0.5) is 0 Å². The Hall–Kier alpha value is -4.57. The number of nitrogens with zero attached hydrogens (tertiary/aromatic N) is 1. The minimum absolute atomic E-state index is 0.0103. The van der Waals surface area contributed by atoms with Crippen LogP contribution in [0, 0.1) is 17.8 Å². The molecule has 1 aliphatic heterocycles. The van der Waals surface area contributed by atoms with E-state index in [0.29, 0.717) is 0 Å². The first-order valence-corrected chi connectivity index (χ1v) is 20.2. The number of rotatable bonds is 21. The van der Waals surface area contributed by atoms with Crippen molar-refractivity contribution in [3.63, 3.8) is 0 Å². The normalized spacial score (nSPS) is 19.1. The van der Waals surface area contributed by atoms with Crippen LogP contribution in [0.1, 0.15) is 100 Å². The molecule has 7 amide bonds. The molecule has 0 unspecified atom stereocenters.